The van der Waals surface area contributed by atoms with Crippen molar-refractivity contribution in [3.63, 3.8) is 0 Å². The summed E-state index contributed by atoms with van der Waals surface area (Å²) in [6.45, 7) is -0.258. The molecular weight excluding hydrogens is 174 g/mol. The molecule has 0 saturated heterocycles. The molecule has 0 aliphatic carbocycles. The minimum atomic E-state index is -1.17. The van der Waals surface area contributed by atoms with Gasteiger partial charge in [0.2, 0.25) is 0 Å². The smallest absolute Gasteiger partial charge is 0.352 e. The third-order valence-electron chi connectivity index (χ3n) is 1.59. The number of aromatic nitrogens is 1. The van der Waals surface area contributed by atoms with Crippen LogP contribution in [0.1, 0.15) is 10.5 Å². The number of carboxylic acid groups (broad SMARTS) is 1. The van der Waals surface area contributed by atoms with Crippen LogP contribution in [0.3, 0.4) is 0 Å². The van der Waals surface area contributed by atoms with Crippen molar-refractivity contribution in [1.29, 1.82) is 0 Å². The molecule has 0 atom stereocenters. The van der Waals surface area contributed by atoms with Crippen LogP contribution in [0, 0.1) is 0 Å². The number of nitrogens with zero attached hydrogens (tertiary/aromatic N) is 1. The number of hydrogen-bond acceptors (Lipinski definition) is 3. The summed E-state index contributed by atoms with van der Waals surface area (Å²) in [6, 6.07) is 3.95. The quantitative estimate of drug-likeness (QED) is 0.664. The molecule has 5 nitrogen and oxygen atoms in total. The van der Waals surface area contributed by atoms with Crippen LogP contribution in [-0.2, 0) is 6.54 Å². The molecule has 1 rings (SSSR count). The largest absolute Gasteiger partial charge is 0.477 e. The Hall–Kier alpha value is -1.62. The van der Waals surface area contributed by atoms with Gasteiger partial charge in [0.15, 0.2) is 0 Å². The van der Waals surface area contributed by atoms with Gasteiger partial charge in [-0.15, -0.1) is 0 Å². The average molecular weight is 183 g/mol. The van der Waals surface area contributed by atoms with Crippen LogP contribution < -0.4 is 5.56 Å². The number of carboxylic acids is 1. The summed E-state index contributed by atoms with van der Waals surface area (Å²) in [5.74, 6) is -1.17. The summed E-state index contributed by atoms with van der Waals surface area (Å²) in [4.78, 5) is 21.7. The lowest BCUT2D eigenvalue weighted by atomic mass is 10.3. The average Bonchev–Trinajstić information content (AvgIpc) is 2.08. The summed E-state index contributed by atoms with van der Waals surface area (Å²) in [6.07, 6.45) is 0. The number of hydrogen-bond donors (Lipinski definition) is 2. The molecule has 0 radical (unpaired) electrons. The Labute approximate surface area is 73.9 Å². The molecule has 0 saturated carbocycles. The highest BCUT2D eigenvalue weighted by Gasteiger charge is 2.08. The predicted molar refractivity (Wildman–Crippen MR) is 44.7 cm³/mol. The number of rotatable bonds is 3. The van der Waals surface area contributed by atoms with E-state index < -0.39 is 11.5 Å². The van der Waals surface area contributed by atoms with E-state index in [-0.39, 0.29) is 18.8 Å². The molecule has 2 N–H and O–H groups in total. The van der Waals surface area contributed by atoms with Crippen molar-refractivity contribution >= 4 is 5.97 Å². The minimum Gasteiger partial charge on any atom is -0.477 e. The van der Waals surface area contributed by atoms with Gasteiger partial charge in [-0.3, -0.25) is 4.79 Å². The first kappa shape index (κ1) is 9.47. The fraction of sp³-hybridized carbons (Fsp3) is 0.250. The maximum Gasteiger partial charge on any atom is 0.352 e. The van der Waals surface area contributed by atoms with Gasteiger partial charge >= 0.3 is 5.97 Å². The summed E-state index contributed by atoms with van der Waals surface area (Å²) in [5.41, 5.74) is -0.532. The van der Waals surface area contributed by atoms with Gasteiger partial charge in [-0.05, 0) is 6.07 Å². The van der Waals surface area contributed by atoms with Crippen molar-refractivity contribution < 1.29 is 15.0 Å². The van der Waals surface area contributed by atoms with Crippen LogP contribution in [0.15, 0.2) is 23.0 Å². The van der Waals surface area contributed by atoms with Crippen molar-refractivity contribution in [2.24, 2.45) is 0 Å². The molecule has 0 unspecified atom stereocenters. The van der Waals surface area contributed by atoms with Gasteiger partial charge < -0.3 is 14.8 Å². The molecular formula is C8H9NO4. The Morgan fingerprint density at radius 1 is 1.46 bits per heavy atom. The zero-order valence-corrected chi connectivity index (χ0v) is 6.80. The molecule has 0 aliphatic rings. The number of pyridine rings is 1. The van der Waals surface area contributed by atoms with Gasteiger partial charge in [-0.2, -0.15) is 0 Å². The maximum absolute atomic E-state index is 11.1. The molecule has 0 amide bonds. The molecule has 0 aromatic carbocycles. The lowest BCUT2D eigenvalue weighted by molar-refractivity contribution is 0.0682. The Morgan fingerprint density at radius 2 is 2.15 bits per heavy atom. The highest BCUT2D eigenvalue weighted by molar-refractivity contribution is 5.85. The van der Waals surface area contributed by atoms with Crippen LogP contribution in [0.2, 0.25) is 0 Å². The van der Waals surface area contributed by atoms with E-state index in [4.69, 9.17) is 10.2 Å². The monoisotopic (exact) mass is 183 g/mol. The van der Waals surface area contributed by atoms with E-state index in [1.54, 1.807) is 0 Å². The fourth-order valence-corrected chi connectivity index (χ4v) is 1.04. The minimum absolute atomic E-state index is 0.00130. The van der Waals surface area contributed by atoms with E-state index >= 15 is 0 Å². The first-order valence-electron chi connectivity index (χ1n) is 3.71. The number of aromatic carboxylic acids is 1. The zero-order valence-electron chi connectivity index (χ0n) is 6.80. The van der Waals surface area contributed by atoms with Crippen LogP contribution in [0.4, 0.5) is 0 Å². The second-order valence-electron chi connectivity index (χ2n) is 2.43. The summed E-state index contributed by atoms with van der Waals surface area (Å²) in [5, 5.41) is 17.3. The SMILES string of the molecule is O=C(O)c1cccc(=O)n1CCO. The van der Waals surface area contributed by atoms with Crippen LogP contribution >= 0.6 is 0 Å². The molecule has 1 heterocycles. The van der Waals surface area contributed by atoms with E-state index in [0.717, 1.165) is 4.57 Å². The van der Waals surface area contributed by atoms with E-state index in [2.05, 4.69) is 0 Å². The summed E-state index contributed by atoms with van der Waals surface area (Å²) < 4.78 is 1.02. The second-order valence-corrected chi connectivity index (χ2v) is 2.43. The molecule has 0 fully saturated rings. The second kappa shape index (κ2) is 3.86. The van der Waals surface area contributed by atoms with Crippen molar-refractivity contribution in [2.45, 2.75) is 6.54 Å². The summed E-state index contributed by atoms with van der Waals surface area (Å²) >= 11 is 0. The van der Waals surface area contributed by atoms with Crippen molar-refractivity contribution in [1.82, 2.24) is 4.57 Å². The number of aliphatic hydroxyl groups excluding tert-OH is 1. The highest BCUT2D eigenvalue weighted by atomic mass is 16.4. The molecule has 70 valence electrons. The summed E-state index contributed by atoms with van der Waals surface area (Å²) in [7, 11) is 0. The molecule has 13 heavy (non-hydrogen) atoms. The van der Waals surface area contributed by atoms with E-state index in [9.17, 15) is 9.59 Å². The van der Waals surface area contributed by atoms with E-state index in [1.807, 2.05) is 0 Å². The van der Waals surface area contributed by atoms with E-state index in [0.29, 0.717) is 0 Å². The molecule has 0 aliphatic heterocycles. The van der Waals surface area contributed by atoms with Crippen molar-refractivity contribution in [3.8, 4) is 0 Å². The van der Waals surface area contributed by atoms with Gasteiger partial charge in [0.1, 0.15) is 5.69 Å². The Kier molecular flexibility index (Phi) is 2.81. The molecule has 0 bridgehead atoms. The third kappa shape index (κ3) is 1.94. The van der Waals surface area contributed by atoms with Gasteiger partial charge in [0, 0.05) is 12.6 Å². The lowest BCUT2D eigenvalue weighted by Gasteiger charge is -2.06. The van der Waals surface area contributed by atoms with E-state index in [1.165, 1.54) is 18.2 Å². The van der Waals surface area contributed by atoms with Crippen LogP contribution in [-0.4, -0.2) is 27.4 Å². The molecule has 0 spiro atoms. The predicted octanol–water partition coefficient (Wildman–Crippen LogP) is -0.461. The number of carbonyl (C=O) groups is 1. The van der Waals surface area contributed by atoms with Gasteiger partial charge in [-0.1, -0.05) is 6.07 Å². The standard InChI is InChI=1S/C8H9NO4/c10-5-4-9-6(8(12)13)2-1-3-7(9)11/h1-3,10H,4-5H2,(H,12,13). The molecule has 1 aromatic rings. The lowest BCUT2D eigenvalue weighted by Crippen LogP contribution is -2.26. The van der Waals surface area contributed by atoms with Crippen molar-refractivity contribution in [3.05, 3.63) is 34.2 Å². The van der Waals surface area contributed by atoms with Gasteiger partial charge in [0.05, 0.1) is 6.61 Å². The topological polar surface area (TPSA) is 79.5 Å². The third-order valence-corrected chi connectivity index (χ3v) is 1.59. The van der Waals surface area contributed by atoms with Crippen LogP contribution in [0.5, 0.6) is 0 Å². The van der Waals surface area contributed by atoms with Crippen molar-refractivity contribution in [2.75, 3.05) is 6.61 Å². The Bertz CT molecular complexity index is 369. The zero-order chi connectivity index (χ0) is 9.84. The first-order chi connectivity index (χ1) is 6.16. The van der Waals surface area contributed by atoms with Crippen LogP contribution in [0.25, 0.3) is 0 Å². The Morgan fingerprint density at radius 3 is 2.69 bits per heavy atom. The number of aliphatic hydroxyl groups is 1. The molecule has 1 aromatic heterocycles. The fourth-order valence-electron chi connectivity index (χ4n) is 1.04. The highest BCUT2D eigenvalue weighted by Crippen LogP contribution is 1.95. The van der Waals surface area contributed by atoms with Gasteiger partial charge in [-0.25, -0.2) is 4.79 Å². The normalized spacial score (nSPS) is 9.92. The maximum atomic E-state index is 11.1. The molecule has 5 heteroatoms. The first-order valence-corrected chi connectivity index (χ1v) is 3.71. The Balaban J connectivity index is 3.25. The van der Waals surface area contributed by atoms with Gasteiger partial charge in [0.25, 0.3) is 5.56 Å².